The first-order valence-electron chi connectivity index (χ1n) is 7.47. The Labute approximate surface area is 134 Å². The Bertz CT molecular complexity index is 554. The van der Waals surface area contributed by atoms with Crippen molar-refractivity contribution < 1.29 is 19.4 Å². The standard InChI is InChI=1S/C16H21ClFNO3/c1-2-5-16(15(21)22)6-7-19(10-14(16)20)9-11-3-4-12(18)8-13(11)17/h3-4,8,14,20H,2,5-7,9-10H2,1H3,(H,21,22)/t14-,16-/m0/s1. The molecular weight excluding hydrogens is 309 g/mol. The monoisotopic (exact) mass is 329 g/mol. The van der Waals surface area contributed by atoms with E-state index in [0.29, 0.717) is 37.4 Å². The largest absolute Gasteiger partial charge is 0.481 e. The zero-order valence-electron chi connectivity index (χ0n) is 12.6. The lowest BCUT2D eigenvalue weighted by molar-refractivity contribution is -0.164. The van der Waals surface area contributed by atoms with Gasteiger partial charge < -0.3 is 10.2 Å². The molecule has 0 bridgehead atoms. The van der Waals surface area contributed by atoms with Gasteiger partial charge in [-0.2, -0.15) is 0 Å². The first kappa shape index (κ1) is 17.2. The molecule has 6 heteroatoms. The van der Waals surface area contributed by atoms with Gasteiger partial charge in [0, 0.05) is 18.1 Å². The molecule has 0 unspecified atom stereocenters. The lowest BCUT2D eigenvalue weighted by atomic mass is 9.73. The molecule has 1 saturated heterocycles. The molecule has 0 spiro atoms. The van der Waals surface area contributed by atoms with Crippen LogP contribution in [0.5, 0.6) is 0 Å². The summed E-state index contributed by atoms with van der Waals surface area (Å²) in [6.45, 7) is 3.23. The molecule has 1 aliphatic heterocycles. The minimum Gasteiger partial charge on any atom is -0.481 e. The number of piperidine rings is 1. The van der Waals surface area contributed by atoms with E-state index in [2.05, 4.69) is 0 Å². The van der Waals surface area contributed by atoms with E-state index in [4.69, 9.17) is 11.6 Å². The number of hydrogen-bond donors (Lipinski definition) is 2. The fourth-order valence-corrected chi connectivity index (χ4v) is 3.39. The number of aliphatic carboxylic acids is 1. The van der Waals surface area contributed by atoms with Crippen molar-refractivity contribution in [3.05, 3.63) is 34.6 Å². The molecule has 2 atom stereocenters. The van der Waals surface area contributed by atoms with E-state index in [1.165, 1.54) is 12.1 Å². The van der Waals surface area contributed by atoms with Gasteiger partial charge >= 0.3 is 5.97 Å². The van der Waals surface area contributed by atoms with Crippen molar-refractivity contribution in [2.24, 2.45) is 5.41 Å². The summed E-state index contributed by atoms with van der Waals surface area (Å²) in [5, 5.41) is 20.2. The molecule has 2 rings (SSSR count). The Morgan fingerprint density at radius 2 is 2.27 bits per heavy atom. The summed E-state index contributed by atoms with van der Waals surface area (Å²) in [6, 6.07) is 4.23. The van der Waals surface area contributed by atoms with Gasteiger partial charge in [0.25, 0.3) is 0 Å². The van der Waals surface area contributed by atoms with Crippen LogP contribution in [0.3, 0.4) is 0 Å². The van der Waals surface area contributed by atoms with E-state index in [1.807, 2.05) is 11.8 Å². The highest BCUT2D eigenvalue weighted by Crippen LogP contribution is 2.37. The number of nitrogens with zero attached hydrogens (tertiary/aromatic N) is 1. The minimum absolute atomic E-state index is 0.278. The van der Waals surface area contributed by atoms with Crippen molar-refractivity contribution in [2.75, 3.05) is 13.1 Å². The normalized spacial score (nSPS) is 26.1. The van der Waals surface area contributed by atoms with Gasteiger partial charge in [0.15, 0.2) is 0 Å². The number of benzene rings is 1. The number of carboxylic acid groups (broad SMARTS) is 1. The van der Waals surface area contributed by atoms with Gasteiger partial charge in [0.05, 0.1) is 11.5 Å². The van der Waals surface area contributed by atoms with Crippen molar-refractivity contribution in [3.63, 3.8) is 0 Å². The highest BCUT2D eigenvalue weighted by atomic mass is 35.5. The molecule has 4 nitrogen and oxygen atoms in total. The second-order valence-electron chi connectivity index (χ2n) is 5.95. The predicted molar refractivity (Wildman–Crippen MR) is 82.3 cm³/mol. The lowest BCUT2D eigenvalue weighted by Crippen LogP contribution is -2.54. The van der Waals surface area contributed by atoms with E-state index in [9.17, 15) is 19.4 Å². The minimum atomic E-state index is -1.06. The zero-order chi connectivity index (χ0) is 16.3. The second kappa shape index (κ2) is 6.94. The van der Waals surface area contributed by atoms with Gasteiger partial charge in [-0.25, -0.2) is 4.39 Å². The molecule has 0 aliphatic carbocycles. The van der Waals surface area contributed by atoms with Crippen LogP contribution in [0.1, 0.15) is 31.7 Å². The summed E-state index contributed by atoms with van der Waals surface area (Å²) in [4.78, 5) is 13.6. The molecule has 1 aliphatic rings. The molecular formula is C16H21ClFNO3. The fourth-order valence-electron chi connectivity index (χ4n) is 3.16. The number of β-amino-alcohol motifs (C(OH)–C–C–N with tert-alkyl or cyclic N) is 1. The third-order valence-electron chi connectivity index (χ3n) is 4.47. The van der Waals surface area contributed by atoms with Gasteiger partial charge in [-0.1, -0.05) is 31.0 Å². The molecule has 1 heterocycles. The third-order valence-corrected chi connectivity index (χ3v) is 4.83. The van der Waals surface area contributed by atoms with Crippen LogP contribution < -0.4 is 0 Å². The third kappa shape index (κ3) is 3.42. The van der Waals surface area contributed by atoms with Crippen LogP contribution in [-0.2, 0) is 11.3 Å². The molecule has 1 fully saturated rings. The quantitative estimate of drug-likeness (QED) is 0.872. The van der Waals surface area contributed by atoms with Crippen molar-refractivity contribution >= 4 is 17.6 Å². The molecule has 1 aromatic carbocycles. The summed E-state index contributed by atoms with van der Waals surface area (Å²) in [5.74, 6) is -1.32. The smallest absolute Gasteiger partial charge is 0.312 e. The van der Waals surface area contributed by atoms with E-state index in [-0.39, 0.29) is 12.4 Å². The van der Waals surface area contributed by atoms with Gasteiger partial charge in [-0.05, 0) is 37.1 Å². The first-order chi connectivity index (χ1) is 10.4. The number of hydrogen-bond acceptors (Lipinski definition) is 3. The van der Waals surface area contributed by atoms with Crippen LogP contribution >= 0.6 is 11.6 Å². The second-order valence-corrected chi connectivity index (χ2v) is 6.36. The van der Waals surface area contributed by atoms with Crippen LogP contribution in [0.4, 0.5) is 4.39 Å². The molecule has 0 amide bonds. The molecule has 122 valence electrons. The van der Waals surface area contributed by atoms with Crippen LogP contribution in [0.15, 0.2) is 18.2 Å². The van der Waals surface area contributed by atoms with E-state index in [1.54, 1.807) is 6.07 Å². The molecule has 2 N–H and O–H groups in total. The maximum Gasteiger partial charge on any atom is 0.312 e. The molecule has 1 aromatic rings. The summed E-state index contributed by atoms with van der Waals surface area (Å²) in [6.07, 6.45) is 0.663. The van der Waals surface area contributed by atoms with Crippen molar-refractivity contribution in [3.8, 4) is 0 Å². The maximum atomic E-state index is 13.1. The number of carboxylic acids is 1. The van der Waals surface area contributed by atoms with Crippen molar-refractivity contribution in [1.82, 2.24) is 4.90 Å². The van der Waals surface area contributed by atoms with Crippen LogP contribution in [0.2, 0.25) is 5.02 Å². The molecule has 0 radical (unpaired) electrons. The topological polar surface area (TPSA) is 60.8 Å². The van der Waals surface area contributed by atoms with Crippen LogP contribution in [-0.4, -0.2) is 40.3 Å². The molecule has 0 saturated carbocycles. The Morgan fingerprint density at radius 1 is 1.55 bits per heavy atom. The Hall–Kier alpha value is -1.17. The summed E-state index contributed by atoms with van der Waals surface area (Å²) in [7, 11) is 0. The highest BCUT2D eigenvalue weighted by molar-refractivity contribution is 6.31. The van der Waals surface area contributed by atoms with E-state index < -0.39 is 17.5 Å². The number of likely N-dealkylation sites (tertiary alicyclic amines) is 1. The first-order valence-corrected chi connectivity index (χ1v) is 7.84. The summed E-state index contributed by atoms with van der Waals surface area (Å²) < 4.78 is 13.1. The zero-order valence-corrected chi connectivity index (χ0v) is 13.3. The van der Waals surface area contributed by atoms with E-state index in [0.717, 1.165) is 5.56 Å². The Morgan fingerprint density at radius 3 is 2.82 bits per heavy atom. The highest BCUT2D eigenvalue weighted by Gasteiger charge is 2.47. The van der Waals surface area contributed by atoms with Crippen molar-refractivity contribution in [1.29, 1.82) is 0 Å². The number of aliphatic hydroxyl groups is 1. The average molecular weight is 330 g/mol. The van der Waals surface area contributed by atoms with Crippen molar-refractivity contribution in [2.45, 2.75) is 38.8 Å². The SMILES string of the molecule is CCC[C@]1(C(=O)O)CCN(Cc2ccc(F)cc2Cl)C[C@@H]1O. The molecule has 22 heavy (non-hydrogen) atoms. The van der Waals surface area contributed by atoms with Gasteiger partial charge in [-0.3, -0.25) is 9.69 Å². The Balaban J connectivity index is 2.07. The summed E-state index contributed by atoms with van der Waals surface area (Å²) in [5.41, 5.74) is -0.286. The molecule has 0 aromatic heterocycles. The van der Waals surface area contributed by atoms with Crippen LogP contribution in [0.25, 0.3) is 0 Å². The number of aliphatic hydroxyl groups excluding tert-OH is 1. The summed E-state index contributed by atoms with van der Waals surface area (Å²) >= 11 is 6.02. The van der Waals surface area contributed by atoms with Gasteiger partial charge in [0.2, 0.25) is 0 Å². The number of halogens is 2. The Kier molecular flexibility index (Phi) is 5.42. The number of carbonyl (C=O) groups is 1. The average Bonchev–Trinajstić information content (AvgIpc) is 2.45. The van der Waals surface area contributed by atoms with Crippen LogP contribution in [0, 0.1) is 11.2 Å². The fraction of sp³-hybridized carbons (Fsp3) is 0.562. The number of rotatable bonds is 5. The predicted octanol–water partition coefficient (Wildman–Crippen LogP) is 2.92. The van der Waals surface area contributed by atoms with Gasteiger partial charge in [-0.15, -0.1) is 0 Å². The maximum absolute atomic E-state index is 13.1. The lowest BCUT2D eigenvalue weighted by Gasteiger charge is -2.42. The van der Waals surface area contributed by atoms with Gasteiger partial charge in [0.1, 0.15) is 5.82 Å². The van der Waals surface area contributed by atoms with E-state index >= 15 is 0 Å².